The smallest absolute Gasteiger partial charge is 0.340 e. The number of unbranched alkanes of at least 4 members (excludes halogenated alkanes) is 8. The molecule has 0 saturated carbocycles. The van der Waals surface area contributed by atoms with E-state index in [1.807, 2.05) is 0 Å². The minimum atomic E-state index is -2.71. The molecule has 0 bridgehead atoms. The van der Waals surface area contributed by atoms with Gasteiger partial charge in [0.25, 0.3) is 0 Å². The summed E-state index contributed by atoms with van der Waals surface area (Å²) in [4.78, 5) is 55.3. The Hall–Kier alpha value is -3.88. The van der Waals surface area contributed by atoms with Crippen LogP contribution in [-0.4, -0.2) is 75.2 Å². The zero-order chi connectivity index (χ0) is 44.0. The van der Waals surface area contributed by atoms with Crippen LogP contribution < -0.4 is 10.1 Å². The highest BCUT2D eigenvalue weighted by Crippen LogP contribution is 2.30. The van der Waals surface area contributed by atoms with Crippen molar-refractivity contribution in [2.24, 2.45) is 5.92 Å². The summed E-state index contributed by atoms with van der Waals surface area (Å²) < 4.78 is 22.4. The molecule has 0 aliphatic heterocycles. The lowest BCUT2D eigenvalue weighted by Gasteiger charge is -2.35. The highest BCUT2D eigenvalue weighted by molar-refractivity contribution is 5.96. The highest BCUT2D eigenvalue weighted by Gasteiger charge is 2.52. The van der Waals surface area contributed by atoms with Crippen LogP contribution in [0.2, 0.25) is 0 Å². The van der Waals surface area contributed by atoms with Crippen LogP contribution >= 0.6 is 0 Å². The number of aliphatic hydroxyl groups is 2. The Balaban J connectivity index is 3.41. The molecule has 0 heterocycles. The van der Waals surface area contributed by atoms with Crippen molar-refractivity contribution < 1.29 is 48.3 Å². The number of amides is 1. The summed E-state index contributed by atoms with van der Waals surface area (Å²) in [6.07, 6.45) is 13.3. The van der Waals surface area contributed by atoms with E-state index in [0.717, 1.165) is 51.4 Å². The van der Waals surface area contributed by atoms with Crippen LogP contribution in [0.3, 0.4) is 0 Å². The third-order valence-corrected chi connectivity index (χ3v) is 8.87. The predicted octanol–water partition coefficient (Wildman–Crippen LogP) is 8.50. The van der Waals surface area contributed by atoms with Crippen molar-refractivity contribution in [3.8, 4) is 17.6 Å². The second-order valence-corrected chi connectivity index (χ2v) is 18.1. The van der Waals surface area contributed by atoms with Gasteiger partial charge in [0, 0.05) is 6.42 Å². The van der Waals surface area contributed by atoms with Gasteiger partial charge < -0.3 is 34.5 Å². The summed E-state index contributed by atoms with van der Waals surface area (Å²) in [7, 11) is 0. The minimum absolute atomic E-state index is 0.0105. The molecule has 11 heteroatoms. The first-order valence-corrected chi connectivity index (χ1v) is 21.2. The van der Waals surface area contributed by atoms with Gasteiger partial charge in [-0.25, -0.2) is 9.59 Å². The van der Waals surface area contributed by atoms with Crippen LogP contribution in [-0.2, 0) is 39.8 Å². The quantitative estimate of drug-likeness (QED) is 0.0288. The Bertz CT molecular complexity index is 1490. The number of hydrogen-bond acceptors (Lipinski definition) is 10. The molecule has 0 fully saturated rings. The first kappa shape index (κ1) is 52.1. The van der Waals surface area contributed by atoms with Gasteiger partial charge in [-0.15, -0.1) is 5.92 Å². The zero-order valence-electron chi connectivity index (χ0n) is 37.5. The fraction of sp³-hybridized carbons (Fsp3) is 0.702. The Labute approximate surface area is 349 Å². The summed E-state index contributed by atoms with van der Waals surface area (Å²) in [5.74, 6) is 0.809. The van der Waals surface area contributed by atoms with Gasteiger partial charge in [0.05, 0.1) is 18.4 Å². The molecule has 3 N–H and O–H groups in total. The van der Waals surface area contributed by atoms with E-state index in [4.69, 9.17) is 18.9 Å². The molecule has 0 spiro atoms. The second kappa shape index (κ2) is 25.6. The van der Waals surface area contributed by atoms with E-state index in [1.165, 1.54) is 25.3 Å². The van der Waals surface area contributed by atoms with Crippen molar-refractivity contribution in [1.29, 1.82) is 0 Å². The number of allylic oxidation sites excluding steroid dienone is 1. The Kier molecular flexibility index (Phi) is 23.0. The predicted molar refractivity (Wildman–Crippen MR) is 228 cm³/mol. The molecule has 1 amide bonds. The van der Waals surface area contributed by atoms with E-state index in [-0.39, 0.29) is 19.1 Å². The van der Waals surface area contributed by atoms with E-state index in [2.05, 4.69) is 24.1 Å². The summed E-state index contributed by atoms with van der Waals surface area (Å²) in [5.41, 5.74) is -4.95. The normalized spacial score (nSPS) is 14.6. The monoisotopic (exact) mass is 814 g/mol. The number of carbonyl (C=O) groups excluding carboxylic acids is 4. The van der Waals surface area contributed by atoms with Crippen LogP contribution in [0.15, 0.2) is 36.4 Å². The molecule has 0 aliphatic rings. The molecule has 1 aromatic carbocycles. The van der Waals surface area contributed by atoms with Crippen LogP contribution in [0, 0.1) is 17.8 Å². The molecule has 4 atom stereocenters. The van der Waals surface area contributed by atoms with Gasteiger partial charge in [0.1, 0.15) is 35.2 Å². The molecule has 0 aliphatic carbocycles. The molecule has 1 aromatic rings. The van der Waals surface area contributed by atoms with E-state index < -0.39 is 64.6 Å². The number of carbonyl (C=O) groups is 4. The molecule has 328 valence electrons. The Morgan fingerprint density at radius 1 is 0.776 bits per heavy atom. The average molecular weight is 814 g/mol. The van der Waals surface area contributed by atoms with Crippen molar-refractivity contribution in [3.05, 3.63) is 42.0 Å². The van der Waals surface area contributed by atoms with Gasteiger partial charge in [0.2, 0.25) is 5.91 Å². The summed E-state index contributed by atoms with van der Waals surface area (Å²) in [6.45, 7) is 19.0. The molecule has 1 unspecified atom stereocenters. The van der Waals surface area contributed by atoms with Gasteiger partial charge in [-0.1, -0.05) is 88.5 Å². The number of aliphatic hydroxyl groups excluding tert-OH is 1. The number of rotatable bonds is 25. The lowest BCUT2D eigenvalue weighted by molar-refractivity contribution is -0.190. The van der Waals surface area contributed by atoms with Gasteiger partial charge in [-0.05, 0) is 113 Å². The first-order chi connectivity index (χ1) is 27.0. The van der Waals surface area contributed by atoms with Crippen LogP contribution in [0.1, 0.15) is 165 Å². The van der Waals surface area contributed by atoms with E-state index in [0.29, 0.717) is 17.7 Å². The summed E-state index contributed by atoms with van der Waals surface area (Å²) >= 11 is 0. The third kappa shape index (κ3) is 22.9. The molecule has 0 radical (unpaired) electrons. The summed E-state index contributed by atoms with van der Waals surface area (Å²) in [6, 6.07) is 5.73. The zero-order valence-corrected chi connectivity index (χ0v) is 37.5. The van der Waals surface area contributed by atoms with Gasteiger partial charge >= 0.3 is 17.9 Å². The molecular weight excluding hydrogens is 739 g/mol. The maximum absolute atomic E-state index is 14.4. The molecule has 0 saturated heterocycles. The van der Waals surface area contributed by atoms with Crippen LogP contribution in [0.5, 0.6) is 5.75 Å². The number of ether oxygens (including phenoxy) is 4. The Morgan fingerprint density at radius 3 is 1.86 bits per heavy atom. The number of esters is 3. The van der Waals surface area contributed by atoms with Crippen molar-refractivity contribution in [2.45, 2.75) is 201 Å². The topological polar surface area (TPSA) is 158 Å². The SMILES string of the molecule is CC#CCOc1ccc(C[C@H](NC(=O)[C@@H](/C=C/CCCCCCC(O)CCCCCCC)[C@@](O)(CC(=O)OC(C)(C)C)C(=O)OC(C)(C)C)C(=O)OC(C)(C)C)cc1. The standard InChI is InChI=1S/C47H75NO10/c1-12-14-16-19-22-25-36(49)26-23-20-17-18-21-24-27-38(47(54,43(53)58-46(9,10)11)34-40(50)56-44(3,4)5)41(51)48-39(42(52)57-45(6,7)8)33-35-28-30-37(31-29-35)55-32-15-13-2/h24,27-31,36,38-39,49,54H,12,14,16-23,25-26,32-34H2,1-11H3,(H,48,51)/b27-24+/t36?,38-,39+,47+/m1/s1. The van der Waals surface area contributed by atoms with Crippen LogP contribution in [0.25, 0.3) is 0 Å². The number of hydrogen-bond donors (Lipinski definition) is 3. The summed E-state index contributed by atoms with van der Waals surface area (Å²) in [5, 5.41) is 25.4. The fourth-order valence-corrected chi connectivity index (χ4v) is 6.07. The Morgan fingerprint density at radius 2 is 1.33 bits per heavy atom. The molecule has 0 aromatic heterocycles. The lowest BCUT2D eigenvalue weighted by atomic mass is 9.82. The lowest BCUT2D eigenvalue weighted by Crippen LogP contribution is -2.57. The van der Waals surface area contributed by atoms with Crippen molar-refractivity contribution >= 4 is 23.8 Å². The van der Waals surface area contributed by atoms with Gasteiger partial charge in [0.15, 0.2) is 5.60 Å². The molecule has 11 nitrogen and oxygen atoms in total. The maximum atomic E-state index is 14.4. The molecular formula is C47H75NO10. The van der Waals surface area contributed by atoms with Crippen LogP contribution in [0.4, 0.5) is 0 Å². The largest absolute Gasteiger partial charge is 0.481 e. The average Bonchev–Trinajstić information content (AvgIpc) is 3.09. The number of nitrogens with one attached hydrogen (secondary N) is 1. The van der Waals surface area contributed by atoms with Crippen molar-refractivity contribution in [3.63, 3.8) is 0 Å². The molecule has 58 heavy (non-hydrogen) atoms. The van der Waals surface area contributed by atoms with Crippen molar-refractivity contribution in [2.75, 3.05) is 6.61 Å². The maximum Gasteiger partial charge on any atom is 0.340 e. The van der Waals surface area contributed by atoms with E-state index in [9.17, 15) is 29.4 Å². The second-order valence-electron chi connectivity index (χ2n) is 18.1. The van der Waals surface area contributed by atoms with E-state index in [1.54, 1.807) is 99.6 Å². The highest BCUT2D eigenvalue weighted by atomic mass is 16.6. The van der Waals surface area contributed by atoms with E-state index >= 15 is 0 Å². The fourth-order valence-electron chi connectivity index (χ4n) is 6.07. The van der Waals surface area contributed by atoms with Gasteiger partial charge in [-0.3, -0.25) is 9.59 Å². The minimum Gasteiger partial charge on any atom is -0.481 e. The van der Waals surface area contributed by atoms with Crippen molar-refractivity contribution in [1.82, 2.24) is 5.32 Å². The third-order valence-electron chi connectivity index (χ3n) is 8.87. The van der Waals surface area contributed by atoms with Gasteiger partial charge in [-0.2, -0.15) is 0 Å². The molecule has 1 rings (SSSR count). The number of benzene rings is 1. The first-order valence-electron chi connectivity index (χ1n) is 21.2.